The van der Waals surface area contributed by atoms with Crippen molar-refractivity contribution in [3.05, 3.63) is 95.6 Å². The van der Waals surface area contributed by atoms with Gasteiger partial charge < -0.3 is 10.2 Å². The van der Waals surface area contributed by atoms with E-state index in [9.17, 15) is 9.59 Å². The maximum atomic E-state index is 13.2. The van der Waals surface area contributed by atoms with Gasteiger partial charge in [-0.3, -0.25) is 9.69 Å². The number of hydrogen-bond donors (Lipinski definition) is 1. The first-order valence-electron chi connectivity index (χ1n) is 10.2. The quantitative estimate of drug-likeness (QED) is 0.650. The maximum absolute atomic E-state index is 13.2. The van der Waals surface area contributed by atoms with Crippen LogP contribution in [0.2, 0.25) is 0 Å². The van der Waals surface area contributed by atoms with Crippen LogP contribution in [0.3, 0.4) is 0 Å². The van der Waals surface area contributed by atoms with E-state index < -0.39 is 0 Å². The summed E-state index contributed by atoms with van der Waals surface area (Å²) >= 11 is 0. The van der Waals surface area contributed by atoms with Gasteiger partial charge in [-0.25, -0.2) is 4.79 Å². The van der Waals surface area contributed by atoms with Crippen molar-refractivity contribution in [2.45, 2.75) is 19.9 Å². The number of benzene rings is 3. The summed E-state index contributed by atoms with van der Waals surface area (Å²) in [7, 11) is 0. The van der Waals surface area contributed by atoms with Gasteiger partial charge in [-0.1, -0.05) is 60.7 Å². The molecule has 0 radical (unpaired) electrons. The smallest absolute Gasteiger partial charge is 0.320 e. The van der Waals surface area contributed by atoms with E-state index in [2.05, 4.69) is 5.32 Å². The molecule has 1 N–H and O–H groups in total. The molecular weight excluding hydrogens is 374 g/mol. The largest absolute Gasteiger partial charge is 0.324 e. The normalized spacial score (nSPS) is 14.0. The zero-order chi connectivity index (χ0) is 20.9. The number of rotatable bonds is 5. The summed E-state index contributed by atoms with van der Waals surface area (Å²) < 4.78 is 0. The molecule has 0 atom stereocenters. The molecule has 1 fully saturated rings. The number of nitrogens with one attached hydrogen (secondary N) is 1. The lowest BCUT2D eigenvalue weighted by atomic mass is 10.1. The number of nitrogens with zero attached hydrogens (tertiary/aromatic N) is 2. The van der Waals surface area contributed by atoms with Crippen molar-refractivity contribution >= 4 is 23.3 Å². The molecule has 3 aromatic rings. The van der Waals surface area contributed by atoms with Gasteiger partial charge in [-0.05, 0) is 42.7 Å². The van der Waals surface area contributed by atoms with Crippen molar-refractivity contribution in [3.63, 3.8) is 0 Å². The lowest BCUT2D eigenvalue weighted by Gasteiger charge is -2.36. The van der Waals surface area contributed by atoms with Crippen LogP contribution in [-0.4, -0.2) is 29.9 Å². The predicted molar refractivity (Wildman–Crippen MR) is 120 cm³/mol. The summed E-state index contributed by atoms with van der Waals surface area (Å²) in [5.41, 5.74) is 4.01. The second-order valence-electron chi connectivity index (χ2n) is 7.48. The monoisotopic (exact) mass is 399 g/mol. The molecule has 1 saturated heterocycles. The molecule has 3 amide bonds. The second kappa shape index (κ2) is 8.82. The number of anilines is 2. The molecule has 0 spiro atoms. The van der Waals surface area contributed by atoms with Crippen molar-refractivity contribution in [2.24, 2.45) is 0 Å². The lowest BCUT2D eigenvalue weighted by Crippen LogP contribution is -2.49. The van der Waals surface area contributed by atoms with Crippen LogP contribution < -0.4 is 10.2 Å². The van der Waals surface area contributed by atoms with Gasteiger partial charge in [-0.15, -0.1) is 0 Å². The SMILES string of the molecule is Cc1ccccc1C(=O)Nc1ccccc1N1CCCN(Cc2ccccc2)C1=O. The van der Waals surface area contributed by atoms with Gasteiger partial charge in [0.25, 0.3) is 5.91 Å². The van der Waals surface area contributed by atoms with Crippen LogP contribution in [0.15, 0.2) is 78.9 Å². The Hall–Kier alpha value is -3.60. The fourth-order valence-corrected chi connectivity index (χ4v) is 3.79. The lowest BCUT2D eigenvalue weighted by molar-refractivity contribution is 0.102. The third-order valence-electron chi connectivity index (χ3n) is 5.36. The maximum Gasteiger partial charge on any atom is 0.324 e. The molecule has 0 bridgehead atoms. The van der Waals surface area contributed by atoms with Gasteiger partial charge in [0.05, 0.1) is 11.4 Å². The molecule has 5 heteroatoms. The molecule has 0 aliphatic carbocycles. The Morgan fingerprint density at radius 2 is 1.60 bits per heavy atom. The highest BCUT2D eigenvalue weighted by atomic mass is 16.2. The van der Waals surface area contributed by atoms with Crippen molar-refractivity contribution in [2.75, 3.05) is 23.3 Å². The third-order valence-corrected chi connectivity index (χ3v) is 5.36. The van der Waals surface area contributed by atoms with Crippen LogP contribution in [0.1, 0.15) is 27.9 Å². The highest BCUT2D eigenvalue weighted by molar-refractivity contribution is 6.08. The zero-order valence-corrected chi connectivity index (χ0v) is 17.0. The molecule has 5 nitrogen and oxygen atoms in total. The zero-order valence-electron chi connectivity index (χ0n) is 17.0. The number of amides is 3. The summed E-state index contributed by atoms with van der Waals surface area (Å²) in [6.07, 6.45) is 0.874. The molecular formula is C25H25N3O2. The first-order valence-corrected chi connectivity index (χ1v) is 10.2. The Labute approximate surface area is 176 Å². The summed E-state index contributed by atoms with van der Waals surface area (Å²) in [5, 5.41) is 3.00. The third kappa shape index (κ3) is 4.20. The number of aryl methyl sites for hydroxylation is 1. The summed E-state index contributed by atoms with van der Waals surface area (Å²) in [4.78, 5) is 29.7. The first kappa shape index (κ1) is 19.7. The van der Waals surface area contributed by atoms with Crippen molar-refractivity contribution in [1.82, 2.24) is 4.90 Å². The molecule has 152 valence electrons. The van der Waals surface area contributed by atoms with Gasteiger partial charge >= 0.3 is 6.03 Å². The molecule has 0 saturated carbocycles. The Bertz CT molecular complexity index is 1050. The number of hydrogen-bond acceptors (Lipinski definition) is 2. The van der Waals surface area contributed by atoms with Crippen LogP contribution in [-0.2, 0) is 6.54 Å². The Kier molecular flexibility index (Phi) is 5.80. The van der Waals surface area contributed by atoms with Crippen LogP contribution in [0.25, 0.3) is 0 Å². The molecule has 1 aliphatic rings. The number of para-hydroxylation sites is 2. The summed E-state index contributed by atoms with van der Waals surface area (Å²) in [5.74, 6) is -0.175. The number of urea groups is 1. The van der Waals surface area contributed by atoms with Crippen molar-refractivity contribution in [1.29, 1.82) is 0 Å². The minimum absolute atomic E-state index is 0.0392. The van der Waals surface area contributed by atoms with E-state index in [1.54, 1.807) is 11.0 Å². The Morgan fingerprint density at radius 1 is 0.900 bits per heavy atom. The minimum atomic E-state index is -0.175. The van der Waals surface area contributed by atoms with Gasteiger partial charge in [-0.2, -0.15) is 0 Å². The molecule has 3 aromatic carbocycles. The van der Waals surface area contributed by atoms with E-state index in [4.69, 9.17) is 0 Å². The van der Waals surface area contributed by atoms with Crippen molar-refractivity contribution < 1.29 is 9.59 Å². The summed E-state index contributed by atoms with van der Waals surface area (Å²) in [6.45, 7) is 3.84. The van der Waals surface area contributed by atoms with E-state index in [-0.39, 0.29) is 11.9 Å². The van der Waals surface area contributed by atoms with E-state index in [1.165, 1.54) is 0 Å². The average Bonchev–Trinajstić information content (AvgIpc) is 2.77. The van der Waals surface area contributed by atoms with E-state index in [0.29, 0.717) is 24.3 Å². The fourth-order valence-electron chi connectivity index (χ4n) is 3.79. The minimum Gasteiger partial charge on any atom is -0.320 e. The molecule has 30 heavy (non-hydrogen) atoms. The van der Waals surface area contributed by atoms with Gasteiger partial charge in [0.2, 0.25) is 0 Å². The molecule has 0 unspecified atom stereocenters. The van der Waals surface area contributed by atoms with Gasteiger partial charge in [0.15, 0.2) is 0 Å². The molecule has 4 rings (SSSR count). The van der Waals surface area contributed by atoms with Crippen LogP contribution >= 0.6 is 0 Å². The molecule has 1 heterocycles. The molecule has 1 aliphatic heterocycles. The average molecular weight is 399 g/mol. The molecule has 0 aromatic heterocycles. The van der Waals surface area contributed by atoms with Crippen LogP contribution in [0, 0.1) is 6.92 Å². The highest BCUT2D eigenvalue weighted by Crippen LogP contribution is 2.29. The first-order chi connectivity index (χ1) is 14.6. The Balaban J connectivity index is 1.56. The van der Waals surface area contributed by atoms with Crippen molar-refractivity contribution in [3.8, 4) is 0 Å². The second-order valence-corrected chi connectivity index (χ2v) is 7.48. The van der Waals surface area contributed by atoms with Gasteiger partial charge in [0, 0.05) is 25.2 Å². The fraction of sp³-hybridized carbons (Fsp3) is 0.200. The Morgan fingerprint density at radius 3 is 2.40 bits per heavy atom. The van der Waals surface area contributed by atoms with Crippen LogP contribution in [0.4, 0.5) is 16.2 Å². The number of carbonyl (C=O) groups is 2. The standard InChI is InChI=1S/C25H25N3O2/c1-19-10-5-6-13-21(19)24(29)26-22-14-7-8-15-23(22)28-17-9-16-27(25(28)30)18-20-11-3-2-4-12-20/h2-8,10-15H,9,16-18H2,1H3,(H,26,29). The number of carbonyl (C=O) groups excluding carboxylic acids is 2. The summed E-state index contributed by atoms with van der Waals surface area (Å²) in [6, 6.07) is 24.9. The topological polar surface area (TPSA) is 52.7 Å². The van der Waals surface area contributed by atoms with E-state index >= 15 is 0 Å². The van der Waals surface area contributed by atoms with Gasteiger partial charge in [0.1, 0.15) is 0 Å². The van der Waals surface area contributed by atoms with E-state index in [1.807, 2.05) is 84.6 Å². The van der Waals surface area contributed by atoms with E-state index in [0.717, 1.165) is 29.8 Å². The predicted octanol–water partition coefficient (Wildman–Crippen LogP) is 5.08. The van der Waals surface area contributed by atoms with Crippen LogP contribution in [0.5, 0.6) is 0 Å². The highest BCUT2D eigenvalue weighted by Gasteiger charge is 2.28.